The summed E-state index contributed by atoms with van der Waals surface area (Å²) in [5.41, 5.74) is 1.12. The van der Waals surface area contributed by atoms with Crippen LogP contribution in [-0.4, -0.2) is 47.0 Å². The van der Waals surface area contributed by atoms with Gasteiger partial charge in [0.05, 0.1) is 5.69 Å². The Hall–Kier alpha value is -1.65. The fourth-order valence-electron chi connectivity index (χ4n) is 3.82. The van der Waals surface area contributed by atoms with Crippen LogP contribution in [0.2, 0.25) is 0 Å². The Bertz CT molecular complexity index is 581. The molecule has 0 saturated carbocycles. The first-order chi connectivity index (χ1) is 11.5. The summed E-state index contributed by atoms with van der Waals surface area (Å²) in [6.07, 6.45) is 5.32. The second-order valence-corrected chi connectivity index (χ2v) is 7.67. The third kappa shape index (κ3) is 4.05. The Morgan fingerprint density at radius 2 is 1.96 bits per heavy atom. The Morgan fingerprint density at radius 3 is 2.67 bits per heavy atom. The predicted octanol–water partition coefficient (Wildman–Crippen LogP) is 3.14. The molecule has 2 aliphatic heterocycles. The van der Waals surface area contributed by atoms with E-state index in [-0.39, 0.29) is 0 Å². The average Bonchev–Trinajstić information content (AvgIpc) is 3.08. The minimum atomic E-state index is 0.292. The molecule has 0 spiro atoms. The maximum Gasteiger partial charge on any atom is 0.222 e. The predicted molar refractivity (Wildman–Crippen MR) is 96.2 cm³/mol. The molecule has 0 unspecified atom stereocenters. The number of anilines is 1. The monoisotopic (exact) mass is 330 g/mol. The molecule has 1 aromatic heterocycles. The minimum absolute atomic E-state index is 0.292. The SMILES string of the molecule is Cc1nc([C@H]2CCCN(C(=O)CC(C)C)C2)cc(N2CCCC2)n1. The van der Waals surface area contributed by atoms with Gasteiger partial charge in [-0.1, -0.05) is 13.8 Å². The van der Waals surface area contributed by atoms with Crippen molar-refractivity contribution < 1.29 is 4.79 Å². The van der Waals surface area contributed by atoms with E-state index >= 15 is 0 Å². The largest absolute Gasteiger partial charge is 0.357 e. The molecule has 1 amide bonds. The second kappa shape index (κ2) is 7.49. The maximum atomic E-state index is 12.4. The highest BCUT2D eigenvalue weighted by Crippen LogP contribution is 2.29. The number of nitrogens with zero attached hydrogens (tertiary/aromatic N) is 4. The van der Waals surface area contributed by atoms with Gasteiger partial charge >= 0.3 is 0 Å². The Morgan fingerprint density at radius 1 is 1.21 bits per heavy atom. The van der Waals surface area contributed by atoms with Crippen molar-refractivity contribution in [3.8, 4) is 0 Å². The van der Waals surface area contributed by atoms with Gasteiger partial charge in [0, 0.05) is 44.6 Å². The highest BCUT2D eigenvalue weighted by atomic mass is 16.2. The van der Waals surface area contributed by atoms with E-state index in [1.54, 1.807) is 0 Å². The number of aromatic nitrogens is 2. The van der Waals surface area contributed by atoms with Crippen molar-refractivity contribution in [3.63, 3.8) is 0 Å². The smallest absolute Gasteiger partial charge is 0.222 e. The van der Waals surface area contributed by atoms with Crippen LogP contribution in [0.25, 0.3) is 0 Å². The van der Waals surface area contributed by atoms with Gasteiger partial charge in [-0.25, -0.2) is 9.97 Å². The number of rotatable bonds is 4. The van der Waals surface area contributed by atoms with Gasteiger partial charge in [0.15, 0.2) is 0 Å². The molecule has 3 heterocycles. The van der Waals surface area contributed by atoms with E-state index in [1.807, 2.05) is 11.8 Å². The minimum Gasteiger partial charge on any atom is -0.357 e. The molecular formula is C19H30N4O. The number of amides is 1. The first-order valence-corrected chi connectivity index (χ1v) is 9.41. The number of aryl methyl sites for hydroxylation is 1. The lowest BCUT2D eigenvalue weighted by Crippen LogP contribution is -2.39. The maximum absolute atomic E-state index is 12.4. The molecule has 2 fully saturated rings. The quantitative estimate of drug-likeness (QED) is 0.851. The lowest BCUT2D eigenvalue weighted by molar-refractivity contribution is -0.133. The van der Waals surface area contributed by atoms with Crippen molar-refractivity contribution in [2.75, 3.05) is 31.1 Å². The van der Waals surface area contributed by atoms with Crippen LogP contribution >= 0.6 is 0 Å². The van der Waals surface area contributed by atoms with Crippen molar-refractivity contribution in [2.24, 2.45) is 5.92 Å². The molecule has 5 heteroatoms. The molecule has 24 heavy (non-hydrogen) atoms. The van der Waals surface area contributed by atoms with E-state index in [0.29, 0.717) is 24.2 Å². The average molecular weight is 330 g/mol. The van der Waals surface area contributed by atoms with Gasteiger partial charge in [-0.15, -0.1) is 0 Å². The van der Waals surface area contributed by atoms with Gasteiger partial charge in [-0.05, 0) is 38.5 Å². The third-order valence-corrected chi connectivity index (χ3v) is 5.05. The van der Waals surface area contributed by atoms with Crippen LogP contribution in [0.15, 0.2) is 6.07 Å². The molecule has 1 atom stereocenters. The van der Waals surface area contributed by atoms with E-state index in [2.05, 4.69) is 29.8 Å². The van der Waals surface area contributed by atoms with E-state index in [1.165, 1.54) is 12.8 Å². The van der Waals surface area contributed by atoms with Crippen LogP contribution in [0, 0.1) is 12.8 Å². The van der Waals surface area contributed by atoms with Crippen LogP contribution < -0.4 is 4.90 Å². The van der Waals surface area contributed by atoms with Crippen molar-refractivity contribution in [2.45, 2.75) is 58.8 Å². The summed E-state index contributed by atoms with van der Waals surface area (Å²) in [6, 6.07) is 2.17. The van der Waals surface area contributed by atoms with E-state index < -0.39 is 0 Å². The second-order valence-electron chi connectivity index (χ2n) is 7.67. The molecule has 1 aromatic rings. The van der Waals surface area contributed by atoms with E-state index in [4.69, 9.17) is 4.98 Å². The number of carbonyl (C=O) groups excluding carboxylic acids is 1. The van der Waals surface area contributed by atoms with Crippen molar-refractivity contribution in [1.82, 2.24) is 14.9 Å². The summed E-state index contributed by atoms with van der Waals surface area (Å²) < 4.78 is 0. The molecule has 0 bridgehead atoms. The standard InChI is InChI=1S/C19H30N4O/c1-14(2)11-19(24)23-10-6-7-16(13-23)17-12-18(21-15(3)20-17)22-8-4-5-9-22/h12,14,16H,4-11,13H2,1-3H3/t16-/m0/s1. The molecule has 0 aliphatic carbocycles. The molecule has 3 rings (SSSR count). The third-order valence-electron chi connectivity index (χ3n) is 5.05. The lowest BCUT2D eigenvalue weighted by atomic mass is 9.93. The number of hydrogen-bond donors (Lipinski definition) is 0. The van der Waals surface area contributed by atoms with Gasteiger partial charge in [-0.3, -0.25) is 4.79 Å². The van der Waals surface area contributed by atoms with Crippen molar-refractivity contribution in [3.05, 3.63) is 17.6 Å². The summed E-state index contributed by atoms with van der Waals surface area (Å²) >= 11 is 0. The van der Waals surface area contributed by atoms with Gasteiger partial charge < -0.3 is 9.80 Å². The number of hydrogen-bond acceptors (Lipinski definition) is 4. The van der Waals surface area contributed by atoms with Crippen LogP contribution in [0.1, 0.15) is 63.4 Å². The fraction of sp³-hybridized carbons (Fsp3) is 0.737. The first-order valence-electron chi connectivity index (χ1n) is 9.41. The Balaban J connectivity index is 1.74. The van der Waals surface area contributed by atoms with Crippen LogP contribution in [0.3, 0.4) is 0 Å². The fourth-order valence-corrected chi connectivity index (χ4v) is 3.82. The van der Waals surface area contributed by atoms with Crippen LogP contribution in [0.4, 0.5) is 5.82 Å². The molecule has 2 aliphatic rings. The normalized spacial score (nSPS) is 21.6. The molecule has 2 saturated heterocycles. The lowest BCUT2D eigenvalue weighted by Gasteiger charge is -2.33. The van der Waals surface area contributed by atoms with Crippen molar-refractivity contribution in [1.29, 1.82) is 0 Å². The summed E-state index contributed by atoms with van der Waals surface area (Å²) in [5, 5.41) is 0. The Labute approximate surface area is 145 Å². The molecule has 5 nitrogen and oxygen atoms in total. The highest BCUT2D eigenvalue weighted by molar-refractivity contribution is 5.76. The summed E-state index contributed by atoms with van der Waals surface area (Å²) in [6.45, 7) is 10.1. The van der Waals surface area contributed by atoms with Gasteiger partial charge in [0.1, 0.15) is 11.6 Å². The molecule has 132 valence electrons. The number of piperidine rings is 1. The van der Waals surface area contributed by atoms with Crippen LogP contribution in [-0.2, 0) is 4.79 Å². The topological polar surface area (TPSA) is 49.3 Å². The zero-order valence-corrected chi connectivity index (χ0v) is 15.3. The van der Waals surface area contributed by atoms with E-state index in [0.717, 1.165) is 56.4 Å². The van der Waals surface area contributed by atoms with Gasteiger partial charge in [-0.2, -0.15) is 0 Å². The molecule has 0 aromatic carbocycles. The van der Waals surface area contributed by atoms with Crippen molar-refractivity contribution >= 4 is 11.7 Å². The highest BCUT2D eigenvalue weighted by Gasteiger charge is 2.27. The molecule has 0 N–H and O–H groups in total. The Kier molecular flexibility index (Phi) is 5.36. The zero-order chi connectivity index (χ0) is 17.1. The summed E-state index contributed by atoms with van der Waals surface area (Å²) in [5.74, 6) is 2.97. The number of carbonyl (C=O) groups is 1. The number of likely N-dealkylation sites (tertiary alicyclic amines) is 1. The van der Waals surface area contributed by atoms with Crippen LogP contribution in [0.5, 0.6) is 0 Å². The molecular weight excluding hydrogens is 300 g/mol. The zero-order valence-electron chi connectivity index (χ0n) is 15.3. The first kappa shape index (κ1) is 17.2. The van der Waals surface area contributed by atoms with Gasteiger partial charge in [0.25, 0.3) is 0 Å². The molecule has 0 radical (unpaired) electrons. The summed E-state index contributed by atoms with van der Waals surface area (Å²) in [4.78, 5) is 26.2. The van der Waals surface area contributed by atoms with E-state index in [9.17, 15) is 4.79 Å². The van der Waals surface area contributed by atoms with Gasteiger partial charge in [0.2, 0.25) is 5.91 Å². The summed E-state index contributed by atoms with van der Waals surface area (Å²) in [7, 11) is 0.